The number of allylic oxidation sites excluding steroid dienone is 1. The largest absolute Gasteiger partial charge is 0.368 e. The molecule has 3 rings (SSSR count). The first kappa shape index (κ1) is 17.9. The van der Waals surface area contributed by atoms with Crippen molar-refractivity contribution in [3.63, 3.8) is 0 Å². The summed E-state index contributed by atoms with van der Waals surface area (Å²) in [6, 6.07) is 13.7. The first-order valence-corrected chi connectivity index (χ1v) is 8.83. The number of nitrogens with two attached hydrogens (primary N) is 1. The highest BCUT2D eigenvalue weighted by atomic mass is 35.5. The van der Waals surface area contributed by atoms with Crippen LogP contribution in [0.5, 0.6) is 0 Å². The number of anilines is 2. The van der Waals surface area contributed by atoms with Gasteiger partial charge in [0.25, 0.3) is 0 Å². The fourth-order valence-electron chi connectivity index (χ4n) is 2.23. The number of halogens is 1. The summed E-state index contributed by atoms with van der Waals surface area (Å²) in [5, 5.41) is 10.2. The smallest absolute Gasteiger partial charge is 0.230 e. The summed E-state index contributed by atoms with van der Waals surface area (Å²) in [6.45, 7) is 0. The number of nitrogen functional groups attached to an aromatic ring is 1. The van der Waals surface area contributed by atoms with E-state index in [-0.39, 0.29) is 11.8 Å². The average molecular weight is 383 g/mol. The van der Waals surface area contributed by atoms with Gasteiger partial charge in [0, 0.05) is 34.4 Å². The van der Waals surface area contributed by atoms with Crippen molar-refractivity contribution in [1.29, 1.82) is 5.26 Å². The van der Waals surface area contributed by atoms with Gasteiger partial charge in [-0.05, 0) is 24.3 Å². The molecule has 2 heterocycles. The number of benzene rings is 1. The Balaban J connectivity index is 1.99. The molecule has 0 aliphatic carbocycles. The van der Waals surface area contributed by atoms with Gasteiger partial charge in [0.05, 0.1) is 5.57 Å². The third-order valence-corrected chi connectivity index (χ3v) is 4.85. The van der Waals surface area contributed by atoms with Crippen molar-refractivity contribution >= 4 is 46.5 Å². The molecule has 0 saturated heterocycles. The van der Waals surface area contributed by atoms with E-state index in [0.29, 0.717) is 16.5 Å². The molecule has 6 nitrogen and oxygen atoms in total. The minimum absolute atomic E-state index is 0.0720. The fraction of sp³-hybridized carbons (Fsp3) is 0.111. The highest BCUT2D eigenvalue weighted by Crippen LogP contribution is 2.34. The van der Waals surface area contributed by atoms with Crippen LogP contribution >= 0.6 is 22.9 Å². The lowest BCUT2D eigenvalue weighted by Crippen LogP contribution is -2.15. The lowest BCUT2D eigenvalue weighted by molar-refractivity contribution is 0.952. The van der Waals surface area contributed by atoms with Gasteiger partial charge in [0.15, 0.2) is 5.82 Å². The molecular weight excluding hydrogens is 368 g/mol. The summed E-state index contributed by atoms with van der Waals surface area (Å²) in [7, 11) is 3.59. The maximum absolute atomic E-state index is 9.54. The third-order valence-electron chi connectivity index (χ3n) is 3.45. The van der Waals surface area contributed by atoms with Gasteiger partial charge in [0.2, 0.25) is 11.9 Å². The average Bonchev–Trinajstić information content (AvgIpc) is 3.07. The summed E-state index contributed by atoms with van der Waals surface area (Å²) in [6.07, 6.45) is 1.74. The summed E-state index contributed by atoms with van der Waals surface area (Å²) in [5.41, 5.74) is 7.01. The molecule has 0 aliphatic heterocycles. The Bertz CT molecular complexity index is 1020. The van der Waals surface area contributed by atoms with Crippen LogP contribution in [0, 0.1) is 11.3 Å². The van der Waals surface area contributed by atoms with Crippen LogP contribution < -0.4 is 10.6 Å². The highest BCUT2D eigenvalue weighted by molar-refractivity contribution is 7.16. The van der Waals surface area contributed by atoms with Crippen LogP contribution in [0.3, 0.4) is 0 Å². The second-order valence-corrected chi connectivity index (χ2v) is 7.09. The van der Waals surface area contributed by atoms with Crippen LogP contribution in [0.1, 0.15) is 10.7 Å². The van der Waals surface area contributed by atoms with Crippen LogP contribution in [0.4, 0.5) is 11.9 Å². The van der Waals surface area contributed by atoms with Gasteiger partial charge in [-0.25, -0.2) is 0 Å². The molecule has 0 atom stereocenters. The first-order chi connectivity index (χ1) is 12.5. The van der Waals surface area contributed by atoms with E-state index in [9.17, 15) is 5.26 Å². The van der Waals surface area contributed by atoms with E-state index in [1.54, 1.807) is 25.1 Å². The van der Waals surface area contributed by atoms with E-state index in [1.165, 1.54) is 11.3 Å². The van der Waals surface area contributed by atoms with Crippen LogP contribution in [0.15, 0.2) is 36.4 Å². The molecule has 0 aliphatic rings. The molecule has 0 radical (unpaired) electrons. The molecule has 0 spiro atoms. The molecular formula is C18H15ClN6S. The molecule has 1 aromatic carbocycles. The Morgan fingerprint density at radius 3 is 2.65 bits per heavy atom. The first-order valence-electron chi connectivity index (χ1n) is 7.63. The van der Waals surface area contributed by atoms with Gasteiger partial charge in [-0.15, -0.1) is 11.3 Å². The van der Waals surface area contributed by atoms with Gasteiger partial charge < -0.3 is 10.6 Å². The molecule has 8 heteroatoms. The van der Waals surface area contributed by atoms with Crippen molar-refractivity contribution in [3.05, 3.63) is 52.1 Å². The molecule has 0 saturated carbocycles. The third kappa shape index (κ3) is 3.82. The Morgan fingerprint density at radius 2 is 1.96 bits per heavy atom. The molecule has 0 unspecified atom stereocenters. The summed E-state index contributed by atoms with van der Waals surface area (Å²) in [4.78, 5) is 16.0. The van der Waals surface area contributed by atoms with Gasteiger partial charge in [-0.2, -0.15) is 20.2 Å². The molecule has 3 aromatic rings. The van der Waals surface area contributed by atoms with Gasteiger partial charge in [0.1, 0.15) is 6.07 Å². The van der Waals surface area contributed by atoms with E-state index in [4.69, 9.17) is 17.3 Å². The molecule has 2 aromatic heterocycles. The lowest BCUT2D eigenvalue weighted by Gasteiger charge is -2.10. The van der Waals surface area contributed by atoms with E-state index in [0.717, 1.165) is 15.3 Å². The molecule has 2 N–H and O–H groups in total. The minimum Gasteiger partial charge on any atom is -0.368 e. The zero-order valence-corrected chi connectivity index (χ0v) is 15.7. The fourth-order valence-corrected chi connectivity index (χ4v) is 3.51. The number of thiophene rings is 1. The van der Waals surface area contributed by atoms with Crippen molar-refractivity contribution in [2.24, 2.45) is 0 Å². The van der Waals surface area contributed by atoms with Crippen LogP contribution in [0.2, 0.25) is 5.02 Å². The second-order valence-electron chi connectivity index (χ2n) is 5.56. The quantitative estimate of drug-likeness (QED) is 0.686. The summed E-state index contributed by atoms with van der Waals surface area (Å²) < 4.78 is 0. The predicted octanol–water partition coefficient (Wildman–Crippen LogP) is 3.97. The van der Waals surface area contributed by atoms with Gasteiger partial charge in [-0.3, -0.25) is 0 Å². The second kappa shape index (κ2) is 7.52. The Kier molecular flexibility index (Phi) is 5.16. The normalized spacial score (nSPS) is 11.2. The van der Waals surface area contributed by atoms with E-state index in [1.807, 2.05) is 36.4 Å². The minimum atomic E-state index is 0.0720. The molecule has 0 amide bonds. The van der Waals surface area contributed by atoms with Gasteiger partial charge in [-0.1, -0.05) is 29.8 Å². The number of hydrogen-bond donors (Lipinski definition) is 1. The van der Waals surface area contributed by atoms with Crippen molar-refractivity contribution in [3.8, 4) is 16.5 Å². The van der Waals surface area contributed by atoms with Crippen molar-refractivity contribution in [2.75, 3.05) is 24.7 Å². The topological polar surface area (TPSA) is 91.7 Å². The van der Waals surface area contributed by atoms with Crippen LogP contribution in [-0.2, 0) is 0 Å². The molecule has 0 bridgehead atoms. The van der Waals surface area contributed by atoms with E-state index >= 15 is 0 Å². The van der Waals surface area contributed by atoms with Crippen molar-refractivity contribution in [2.45, 2.75) is 0 Å². The summed E-state index contributed by atoms with van der Waals surface area (Å²) in [5.74, 6) is 0.718. The number of hydrogen-bond acceptors (Lipinski definition) is 7. The SMILES string of the molecule is CN(C)c1nc(N)nc(/C(C#N)=C/c2ccc(-c3ccccc3Cl)s2)n1. The zero-order valence-electron chi connectivity index (χ0n) is 14.1. The zero-order chi connectivity index (χ0) is 18.7. The van der Waals surface area contributed by atoms with Crippen LogP contribution in [0.25, 0.3) is 22.1 Å². The Labute approximate surface area is 160 Å². The molecule has 26 heavy (non-hydrogen) atoms. The van der Waals surface area contributed by atoms with Gasteiger partial charge >= 0.3 is 0 Å². The number of nitrogens with zero attached hydrogens (tertiary/aromatic N) is 5. The van der Waals surface area contributed by atoms with Crippen molar-refractivity contribution < 1.29 is 0 Å². The maximum Gasteiger partial charge on any atom is 0.230 e. The number of aromatic nitrogens is 3. The monoisotopic (exact) mass is 382 g/mol. The molecule has 130 valence electrons. The maximum atomic E-state index is 9.54. The van der Waals surface area contributed by atoms with E-state index < -0.39 is 0 Å². The standard InChI is InChI=1S/C18H15ClN6S/c1-25(2)18-23-16(22-17(21)24-18)11(10-20)9-12-7-8-15(26-12)13-5-3-4-6-14(13)19/h3-9H,1-2H3,(H2,21,22,23,24)/b11-9+. The Hall–Kier alpha value is -2.95. The lowest BCUT2D eigenvalue weighted by atomic mass is 10.2. The van der Waals surface area contributed by atoms with E-state index in [2.05, 4.69) is 21.0 Å². The predicted molar refractivity (Wildman–Crippen MR) is 107 cm³/mol. The van der Waals surface area contributed by atoms with Crippen molar-refractivity contribution in [1.82, 2.24) is 15.0 Å². The molecule has 0 fully saturated rings. The highest BCUT2D eigenvalue weighted by Gasteiger charge is 2.12. The number of rotatable bonds is 4. The van der Waals surface area contributed by atoms with Crippen LogP contribution in [-0.4, -0.2) is 29.0 Å². The number of nitriles is 1. The summed E-state index contributed by atoms with van der Waals surface area (Å²) >= 11 is 7.78. The Morgan fingerprint density at radius 1 is 1.19 bits per heavy atom.